The lowest BCUT2D eigenvalue weighted by atomic mass is 10.1. The molecule has 20 heavy (non-hydrogen) atoms. The summed E-state index contributed by atoms with van der Waals surface area (Å²) < 4.78 is 4.96. The van der Waals surface area contributed by atoms with Crippen molar-refractivity contribution in [2.75, 3.05) is 20.3 Å². The quantitative estimate of drug-likeness (QED) is 0.782. The van der Waals surface area contributed by atoms with Gasteiger partial charge in [0, 0.05) is 31.8 Å². The number of nitrogens with zero attached hydrogens (tertiary/aromatic N) is 1. The van der Waals surface area contributed by atoms with Crippen molar-refractivity contribution in [2.45, 2.75) is 13.5 Å². The summed E-state index contributed by atoms with van der Waals surface area (Å²) in [6, 6.07) is 9.42. The SMILES string of the molecule is COCCNCc1cc(=O)[nH]c(-c2cccc(C)c2)n1. The van der Waals surface area contributed by atoms with Gasteiger partial charge < -0.3 is 15.0 Å². The zero-order valence-corrected chi connectivity index (χ0v) is 11.8. The van der Waals surface area contributed by atoms with Gasteiger partial charge in [0.1, 0.15) is 5.82 Å². The number of benzene rings is 1. The summed E-state index contributed by atoms with van der Waals surface area (Å²) in [7, 11) is 1.66. The number of rotatable bonds is 6. The minimum absolute atomic E-state index is 0.139. The van der Waals surface area contributed by atoms with Crippen LogP contribution in [0.3, 0.4) is 0 Å². The molecule has 0 unspecified atom stereocenters. The second kappa shape index (κ2) is 6.98. The van der Waals surface area contributed by atoms with E-state index in [0.29, 0.717) is 19.0 Å². The number of hydrogen-bond donors (Lipinski definition) is 2. The van der Waals surface area contributed by atoms with Crippen LogP contribution in [-0.4, -0.2) is 30.2 Å². The van der Waals surface area contributed by atoms with Gasteiger partial charge in [-0.1, -0.05) is 23.8 Å². The summed E-state index contributed by atoms with van der Waals surface area (Å²) in [6.45, 7) is 3.92. The Labute approximate surface area is 118 Å². The molecule has 0 saturated carbocycles. The molecule has 0 atom stereocenters. The lowest BCUT2D eigenvalue weighted by Gasteiger charge is -2.06. The molecule has 1 aromatic carbocycles. The molecule has 106 valence electrons. The van der Waals surface area contributed by atoms with Crippen LogP contribution in [-0.2, 0) is 11.3 Å². The number of methoxy groups -OCH3 is 1. The molecular formula is C15H19N3O2. The van der Waals surface area contributed by atoms with E-state index in [2.05, 4.69) is 15.3 Å². The predicted molar refractivity (Wildman–Crippen MR) is 78.6 cm³/mol. The molecule has 0 amide bonds. The van der Waals surface area contributed by atoms with E-state index in [1.54, 1.807) is 7.11 Å². The lowest BCUT2D eigenvalue weighted by Crippen LogP contribution is -2.21. The first kappa shape index (κ1) is 14.4. The first-order valence-electron chi connectivity index (χ1n) is 6.56. The summed E-state index contributed by atoms with van der Waals surface area (Å²) in [4.78, 5) is 19.0. The van der Waals surface area contributed by atoms with E-state index < -0.39 is 0 Å². The van der Waals surface area contributed by atoms with Gasteiger partial charge in [-0.15, -0.1) is 0 Å². The van der Waals surface area contributed by atoms with Crippen LogP contribution in [0.4, 0.5) is 0 Å². The van der Waals surface area contributed by atoms with Crippen molar-refractivity contribution in [2.24, 2.45) is 0 Å². The summed E-state index contributed by atoms with van der Waals surface area (Å²) in [6.07, 6.45) is 0. The van der Waals surface area contributed by atoms with Crippen LogP contribution in [0.15, 0.2) is 35.1 Å². The van der Waals surface area contributed by atoms with Gasteiger partial charge in [0.25, 0.3) is 5.56 Å². The number of H-pyrrole nitrogens is 1. The lowest BCUT2D eigenvalue weighted by molar-refractivity contribution is 0.199. The molecule has 1 aromatic heterocycles. The molecule has 0 aliphatic heterocycles. The van der Waals surface area contributed by atoms with E-state index in [4.69, 9.17) is 4.74 Å². The molecule has 2 N–H and O–H groups in total. The average Bonchev–Trinajstić information content (AvgIpc) is 2.43. The summed E-state index contributed by atoms with van der Waals surface area (Å²) in [5.41, 5.74) is 2.64. The highest BCUT2D eigenvalue weighted by molar-refractivity contribution is 5.55. The highest BCUT2D eigenvalue weighted by atomic mass is 16.5. The third kappa shape index (κ3) is 4.01. The maximum atomic E-state index is 11.7. The third-order valence-electron chi connectivity index (χ3n) is 2.88. The van der Waals surface area contributed by atoms with Crippen molar-refractivity contribution in [1.29, 1.82) is 0 Å². The van der Waals surface area contributed by atoms with E-state index in [9.17, 15) is 4.79 Å². The number of aromatic amines is 1. The van der Waals surface area contributed by atoms with E-state index in [1.165, 1.54) is 6.07 Å². The van der Waals surface area contributed by atoms with Crippen LogP contribution in [0, 0.1) is 6.92 Å². The van der Waals surface area contributed by atoms with Crippen LogP contribution < -0.4 is 10.9 Å². The van der Waals surface area contributed by atoms with E-state index in [1.807, 2.05) is 31.2 Å². The number of aromatic nitrogens is 2. The Morgan fingerprint density at radius 2 is 2.20 bits per heavy atom. The van der Waals surface area contributed by atoms with Gasteiger partial charge in [0.2, 0.25) is 0 Å². The molecule has 1 heterocycles. The van der Waals surface area contributed by atoms with Crippen LogP contribution in [0.5, 0.6) is 0 Å². The Bertz CT molecular complexity index is 623. The summed E-state index contributed by atoms with van der Waals surface area (Å²) >= 11 is 0. The smallest absolute Gasteiger partial charge is 0.251 e. The molecule has 0 bridgehead atoms. The predicted octanol–water partition coefficient (Wildman–Crippen LogP) is 1.48. The highest BCUT2D eigenvalue weighted by Gasteiger charge is 2.04. The van der Waals surface area contributed by atoms with Crippen LogP contribution in [0.1, 0.15) is 11.3 Å². The standard InChI is InChI=1S/C15H19N3O2/c1-11-4-3-5-12(8-11)15-17-13(9-14(19)18-15)10-16-6-7-20-2/h3-5,8-9,16H,6-7,10H2,1-2H3,(H,17,18,19). The molecule has 0 radical (unpaired) electrons. The number of aryl methyl sites for hydroxylation is 1. The van der Waals surface area contributed by atoms with Crippen molar-refractivity contribution in [1.82, 2.24) is 15.3 Å². The minimum atomic E-state index is -0.139. The van der Waals surface area contributed by atoms with Gasteiger partial charge in [-0.3, -0.25) is 4.79 Å². The maximum absolute atomic E-state index is 11.7. The molecule has 0 aliphatic rings. The van der Waals surface area contributed by atoms with Crippen molar-refractivity contribution in [3.05, 3.63) is 51.9 Å². The molecule has 2 aromatic rings. The largest absolute Gasteiger partial charge is 0.383 e. The maximum Gasteiger partial charge on any atom is 0.251 e. The fourth-order valence-corrected chi connectivity index (χ4v) is 1.92. The third-order valence-corrected chi connectivity index (χ3v) is 2.88. The molecule has 0 spiro atoms. The van der Waals surface area contributed by atoms with Crippen LogP contribution >= 0.6 is 0 Å². The molecule has 2 rings (SSSR count). The fraction of sp³-hybridized carbons (Fsp3) is 0.333. The van der Waals surface area contributed by atoms with Crippen molar-refractivity contribution < 1.29 is 4.74 Å². The van der Waals surface area contributed by atoms with Gasteiger partial charge in [0.15, 0.2) is 0 Å². The number of hydrogen-bond acceptors (Lipinski definition) is 4. The number of nitrogens with one attached hydrogen (secondary N) is 2. The monoisotopic (exact) mass is 273 g/mol. The molecule has 5 nitrogen and oxygen atoms in total. The zero-order chi connectivity index (χ0) is 14.4. The van der Waals surface area contributed by atoms with E-state index in [0.717, 1.165) is 23.4 Å². The van der Waals surface area contributed by atoms with Gasteiger partial charge in [-0.05, 0) is 13.0 Å². The van der Waals surface area contributed by atoms with Gasteiger partial charge in [-0.25, -0.2) is 4.98 Å². The second-order valence-corrected chi connectivity index (χ2v) is 4.62. The Morgan fingerprint density at radius 1 is 1.35 bits per heavy atom. The highest BCUT2D eigenvalue weighted by Crippen LogP contribution is 2.14. The van der Waals surface area contributed by atoms with Gasteiger partial charge in [0.05, 0.1) is 12.3 Å². The number of ether oxygens (including phenoxy) is 1. The van der Waals surface area contributed by atoms with Crippen LogP contribution in [0.2, 0.25) is 0 Å². The second-order valence-electron chi connectivity index (χ2n) is 4.62. The fourth-order valence-electron chi connectivity index (χ4n) is 1.92. The van der Waals surface area contributed by atoms with Crippen molar-refractivity contribution >= 4 is 0 Å². The van der Waals surface area contributed by atoms with E-state index >= 15 is 0 Å². The van der Waals surface area contributed by atoms with Gasteiger partial charge >= 0.3 is 0 Å². The average molecular weight is 273 g/mol. The first-order valence-corrected chi connectivity index (χ1v) is 6.56. The molecule has 0 saturated heterocycles. The van der Waals surface area contributed by atoms with Crippen molar-refractivity contribution in [3.63, 3.8) is 0 Å². The van der Waals surface area contributed by atoms with Crippen LogP contribution in [0.25, 0.3) is 11.4 Å². The molecule has 0 fully saturated rings. The summed E-state index contributed by atoms with van der Waals surface area (Å²) in [5.74, 6) is 0.602. The van der Waals surface area contributed by atoms with Crippen molar-refractivity contribution in [3.8, 4) is 11.4 Å². The molecule has 5 heteroatoms. The Balaban J connectivity index is 2.18. The minimum Gasteiger partial charge on any atom is -0.383 e. The Morgan fingerprint density at radius 3 is 2.95 bits per heavy atom. The molecule has 0 aliphatic carbocycles. The normalized spacial score (nSPS) is 10.7. The topological polar surface area (TPSA) is 67.0 Å². The Hall–Kier alpha value is -1.98. The van der Waals surface area contributed by atoms with Gasteiger partial charge in [-0.2, -0.15) is 0 Å². The Kier molecular flexibility index (Phi) is 5.03. The zero-order valence-electron chi connectivity index (χ0n) is 11.8. The van der Waals surface area contributed by atoms with E-state index in [-0.39, 0.29) is 5.56 Å². The summed E-state index contributed by atoms with van der Waals surface area (Å²) in [5, 5.41) is 3.18. The molecular weight excluding hydrogens is 254 g/mol. The first-order chi connectivity index (χ1) is 9.69.